The summed E-state index contributed by atoms with van der Waals surface area (Å²) in [7, 11) is 0. The zero-order valence-corrected chi connectivity index (χ0v) is 20.1. The van der Waals surface area contributed by atoms with Crippen LogP contribution in [-0.2, 0) is 9.47 Å². The lowest BCUT2D eigenvalue weighted by molar-refractivity contribution is -0.0730. The van der Waals surface area contributed by atoms with Gasteiger partial charge < -0.3 is 24.8 Å². The van der Waals surface area contributed by atoms with Crippen LogP contribution < -0.4 is 0 Å². The van der Waals surface area contributed by atoms with E-state index < -0.39 is 31.0 Å². The van der Waals surface area contributed by atoms with Crippen molar-refractivity contribution < 1.29 is 24.8 Å². The van der Waals surface area contributed by atoms with Gasteiger partial charge in [0.05, 0.1) is 13.2 Å². The Hall–Kier alpha value is -0.460. The summed E-state index contributed by atoms with van der Waals surface area (Å²) in [4.78, 5) is 0. The number of rotatable bonds is 21. The number of hydrogen-bond donors (Lipinski definition) is 3. The first-order chi connectivity index (χ1) is 15.2. The van der Waals surface area contributed by atoms with Crippen molar-refractivity contribution in [3.8, 4) is 0 Å². The number of hydrogen-bond acceptors (Lipinski definition) is 5. The summed E-state index contributed by atoms with van der Waals surface area (Å²) in [5, 5.41) is 28.6. The van der Waals surface area contributed by atoms with E-state index in [1.165, 1.54) is 89.9 Å². The van der Waals surface area contributed by atoms with Crippen molar-refractivity contribution in [3.05, 3.63) is 12.2 Å². The van der Waals surface area contributed by atoms with Gasteiger partial charge in [-0.1, -0.05) is 96.1 Å². The molecule has 5 nitrogen and oxygen atoms in total. The molecule has 0 aromatic carbocycles. The molecule has 1 aliphatic heterocycles. The first kappa shape index (κ1) is 28.6. The minimum absolute atomic E-state index is 0.277. The molecule has 184 valence electrons. The summed E-state index contributed by atoms with van der Waals surface area (Å²) < 4.78 is 11.0. The summed E-state index contributed by atoms with van der Waals surface area (Å²) in [5.74, 6) is 0. The smallest absolute Gasteiger partial charge is 0.114 e. The molecule has 0 aromatic heterocycles. The van der Waals surface area contributed by atoms with Crippen LogP contribution in [0.2, 0.25) is 0 Å². The third-order valence-corrected chi connectivity index (χ3v) is 6.21. The molecule has 0 spiro atoms. The van der Waals surface area contributed by atoms with Gasteiger partial charge in [-0.25, -0.2) is 0 Å². The maximum absolute atomic E-state index is 10.1. The van der Waals surface area contributed by atoms with Gasteiger partial charge >= 0.3 is 0 Å². The van der Waals surface area contributed by atoms with Gasteiger partial charge in [-0.3, -0.25) is 0 Å². The van der Waals surface area contributed by atoms with E-state index in [0.29, 0.717) is 6.61 Å². The number of allylic oxidation sites excluding steroid dienone is 2. The summed E-state index contributed by atoms with van der Waals surface area (Å²) >= 11 is 0. The van der Waals surface area contributed by atoms with Gasteiger partial charge in [0.15, 0.2) is 0 Å². The molecule has 1 heterocycles. The van der Waals surface area contributed by atoms with Gasteiger partial charge in [0, 0.05) is 6.61 Å². The summed E-state index contributed by atoms with van der Waals surface area (Å²) in [6.07, 6.45) is 22.5. The fourth-order valence-corrected chi connectivity index (χ4v) is 4.15. The van der Waals surface area contributed by atoms with Crippen LogP contribution in [0.15, 0.2) is 12.2 Å². The van der Waals surface area contributed by atoms with E-state index in [-0.39, 0.29) is 6.61 Å². The summed E-state index contributed by atoms with van der Waals surface area (Å²) in [5.41, 5.74) is 0. The van der Waals surface area contributed by atoms with Gasteiger partial charge in [-0.05, 0) is 25.7 Å². The van der Waals surface area contributed by atoms with Gasteiger partial charge in [0.2, 0.25) is 0 Å². The van der Waals surface area contributed by atoms with Crippen molar-refractivity contribution in [1.82, 2.24) is 0 Å². The standard InChI is InChI=1S/C26H50O5/c1-2-3-4-5-6-7-8-9-10-11-12-13-14-15-16-17-18-19-20-30-24-22-31-26(25(24)29)23(28)21-27/h4-5,23-29H,2-3,6-22H2,1H3/b5-4+/t23-,24+,25+,26+/m0/s1. The molecule has 0 aliphatic carbocycles. The quantitative estimate of drug-likeness (QED) is 0.166. The zero-order valence-electron chi connectivity index (χ0n) is 20.1. The molecule has 3 N–H and O–H groups in total. The first-order valence-electron chi connectivity index (χ1n) is 13.1. The molecule has 31 heavy (non-hydrogen) atoms. The highest BCUT2D eigenvalue weighted by atomic mass is 16.6. The van der Waals surface area contributed by atoms with Gasteiger partial charge in [0.1, 0.15) is 24.4 Å². The van der Waals surface area contributed by atoms with Crippen LogP contribution in [0, 0.1) is 0 Å². The van der Waals surface area contributed by atoms with E-state index in [0.717, 1.165) is 12.8 Å². The van der Waals surface area contributed by atoms with Gasteiger partial charge in [-0.2, -0.15) is 0 Å². The van der Waals surface area contributed by atoms with E-state index >= 15 is 0 Å². The lowest BCUT2D eigenvalue weighted by atomic mass is 10.0. The average Bonchev–Trinajstić information content (AvgIpc) is 3.15. The van der Waals surface area contributed by atoms with Crippen molar-refractivity contribution in [1.29, 1.82) is 0 Å². The Balaban J connectivity index is 1.78. The van der Waals surface area contributed by atoms with Gasteiger partial charge in [0.25, 0.3) is 0 Å². The predicted octanol–water partition coefficient (Wildman–Crippen LogP) is 5.30. The van der Waals surface area contributed by atoms with Crippen LogP contribution in [0.4, 0.5) is 0 Å². The molecule has 1 saturated heterocycles. The van der Waals surface area contributed by atoms with Gasteiger partial charge in [-0.15, -0.1) is 0 Å². The van der Waals surface area contributed by atoms with E-state index in [9.17, 15) is 10.2 Å². The Morgan fingerprint density at radius 2 is 1.35 bits per heavy atom. The Morgan fingerprint density at radius 1 is 0.839 bits per heavy atom. The topological polar surface area (TPSA) is 79.2 Å². The minimum atomic E-state index is -1.05. The lowest BCUT2D eigenvalue weighted by Crippen LogP contribution is -2.41. The minimum Gasteiger partial charge on any atom is -0.394 e. The van der Waals surface area contributed by atoms with Crippen molar-refractivity contribution >= 4 is 0 Å². The highest BCUT2D eigenvalue weighted by molar-refractivity contribution is 4.88. The molecule has 0 bridgehead atoms. The van der Waals surface area contributed by atoms with E-state index in [1.807, 2.05) is 0 Å². The van der Waals surface area contributed by atoms with E-state index in [1.54, 1.807) is 0 Å². The van der Waals surface area contributed by atoms with E-state index in [2.05, 4.69) is 19.1 Å². The Bertz CT molecular complexity index is 415. The average molecular weight is 443 g/mol. The summed E-state index contributed by atoms with van der Waals surface area (Å²) in [6, 6.07) is 0. The Morgan fingerprint density at radius 3 is 1.90 bits per heavy atom. The number of aliphatic hydroxyl groups is 3. The SMILES string of the molecule is CCC/C=C/CCCCCCCCCCCCCCCO[C@@H]1CO[C@H]([C@@H](O)CO)[C@@H]1O. The summed E-state index contributed by atoms with van der Waals surface area (Å²) in [6.45, 7) is 2.71. The largest absolute Gasteiger partial charge is 0.394 e. The number of unbranched alkanes of at least 4 members (excludes halogenated alkanes) is 14. The predicted molar refractivity (Wildman–Crippen MR) is 127 cm³/mol. The molecule has 0 saturated carbocycles. The molecule has 0 unspecified atom stereocenters. The van der Waals surface area contributed by atoms with E-state index in [4.69, 9.17) is 14.6 Å². The van der Waals surface area contributed by atoms with Crippen molar-refractivity contribution in [3.63, 3.8) is 0 Å². The Kier molecular flexibility index (Phi) is 18.6. The number of ether oxygens (including phenoxy) is 2. The van der Waals surface area contributed by atoms with Crippen LogP contribution in [-0.4, -0.2) is 59.6 Å². The molecule has 0 amide bonds. The second kappa shape index (κ2) is 20.2. The van der Waals surface area contributed by atoms with Crippen molar-refractivity contribution in [2.45, 2.75) is 134 Å². The molecule has 4 atom stereocenters. The molecule has 0 radical (unpaired) electrons. The van der Waals surface area contributed by atoms with Crippen molar-refractivity contribution in [2.24, 2.45) is 0 Å². The molecule has 1 aliphatic rings. The molecule has 1 rings (SSSR count). The normalized spacial score (nSPS) is 22.5. The third kappa shape index (κ3) is 14.3. The zero-order chi connectivity index (χ0) is 22.6. The van der Waals surface area contributed by atoms with Crippen LogP contribution in [0.1, 0.15) is 110 Å². The highest BCUT2D eigenvalue weighted by Crippen LogP contribution is 2.20. The van der Waals surface area contributed by atoms with Crippen LogP contribution in [0.3, 0.4) is 0 Å². The van der Waals surface area contributed by atoms with Crippen LogP contribution >= 0.6 is 0 Å². The first-order valence-corrected chi connectivity index (χ1v) is 13.1. The maximum Gasteiger partial charge on any atom is 0.114 e. The maximum atomic E-state index is 10.1. The molecule has 5 heteroatoms. The van der Waals surface area contributed by atoms with Crippen LogP contribution in [0.25, 0.3) is 0 Å². The third-order valence-electron chi connectivity index (χ3n) is 6.21. The molecular weight excluding hydrogens is 392 g/mol. The fraction of sp³-hybridized carbons (Fsp3) is 0.923. The van der Waals surface area contributed by atoms with Crippen LogP contribution in [0.5, 0.6) is 0 Å². The second-order valence-corrected chi connectivity index (χ2v) is 9.09. The lowest BCUT2D eigenvalue weighted by Gasteiger charge is -2.20. The second-order valence-electron chi connectivity index (χ2n) is 9.09. The van der Waals surface area contributed by atoms with Crippen molar-refractivity contribution in [2.75, 3.05) is 19.8 Å². The Labute approximate surface area is 191 Å². The molecular formula is C26H50O5. The molecule has 0 aromatic rings. The molecule has 1 fully saturated rings. The monoisotopic (exact) mass is 442 g/mol. The number of aliphatic hydroxyl groups excluding tert-OH is 3. The fourth-order valence-electron chi connectivity index (χ4n) is 4.15. The highest BCUT2D eigenvalue weighted by Gasteiger charge is 2.40.